The third-order valence-electron chi connectivity index (χ3n) is 4.53. The normalized spacial score (nSPS) is 27.5. The number of fused-ring (bicyclic) bond motifs is 1. The molecule has 0 unspecified atom stereocenters. The van der Waals surface area contributed by atoms with Gasteiger partial charge in [-0.2, -0.15) is 0 Å². The molecule has 2 saturated heterocycles. The van der Waals surface area contributed by atoms with Gasteiger partial charge in [0, 0.05) is 31.7 Å². The number of piperazine rings is 1. The number of hydrogen-bond donors (Lipinski definition) is 0. The molecule has 2 fully saturated rings. The molecule has 0 saturated carbocycles. The van der Waals surface area contributed by atoms with Crippen molar-refractivity contribution in [1.29, 1.82) is 0 Å². The lowest BCUT2D eigenvalue weighted by molar-refractivity contribution is 0.0500. The molecule has 2 aliphatic rings. The summed E-state index contributed by atoms with van der Waals surface area (Å²) in [4.78, 5) is 5.15. The van der Waals surface area contributed by atoms with Gasteiger partial charge in [0.2, 0.25) is 0 Å². The number of nitrogens with zero attached hydrogens (tertiary/aromatic N) is 2. The summed E-state index contributed by atoms with van der Waals surface area (Å²) in [6.07, 6.45) is 2.68. The molecule has 0 amide bonds. The largest absolute Gasteiger partial charge is 0.492 e. The van der Waals surface area contributed by atoms with Crippen molar-refractivity contribution in [3.8, 4) is 5.75 Å². The van der Waals surface area contributed by atoms with Gasteiger partial charge in [0.25, 0.3) is 0 Å². The third-order valence-corrected chi connectivity index (χ3v) is 4.53. The summed E-state index contributed by atoms with van der Waals surface area (Å²) < 4.78 is 18.5. The van der Waals surface area contributed by atoms with Gasteiger partial charge in [-0.15, -0.1) is 0 Å². The molecule has 2 atom stereocenters. The highest BCUT2D eigenvalue weighted by molar-refractivity contribution is 5.21. The Kier molecular flexibility index (Phi) is 4.22. The molecule has 0 radical (unpaired) electrons. The van der Waals surface area contributed by atoms with E-state index in [1.165, 1.54) is 38.1 Å². The summed E-state index contributed by atoms with van der Waals surface area (Å²) >= 11 is 0. The highest BCUT2D eigenvalue weighted by atomic mass is 19.1. The van der Waals surface area contributed by atoms with E-state index in [0.29, 0.717) is 12.6 Å². The zero-order valence-corrected chi connectivity index (χ0v) is 12.1. The Balaban J connectivity index is 1.47. The first-order valence-corrected chi connectivity index (χ1v) is 7.59. The molecule has 0 spiro atoms. The second-order valence-electron chi connectivity index (χ2n) is 5.94. The maximum atomic E-state index is 12.8. The van der Waals surface area contributed by atoms with Gasteiger partial charge in [-0.25, -0.2) is 4.39 Å². The van der Waals surface area contributed by atoms with Crippen molar-refractivity contribution in [1.82, 2.24) is 9.80 Å². The van der Waals surface area contributed by atoms with Gasteiger partial charge in [-0.1, -0.05) is 0 Å². The molecule has 0 aromatic heterocycles. The van der Waals surface area contributed by atoms with Gasteiger partial charge in [-0.05, 0) is 50.6 Å². The summed E-state index contributed by atoms with van der Waals surface area (Å²) in [5, 5.41) is 0. The fourth-order valence-electron chi connectivity index (χ4n) is 3.37. The van der Waals surface area contributed by atoms with E-state index in [1.54, 1.807) is 12.1 Å². The molecule has 3 nitrogen and oxygen atoms in total. The van der Waals surface area contributed by atoms with Crippen molar-refractivity contribution in [2.45, 2.75) is 31.8 Å². The summed E-state index contributed by atoms with van der Waals surface area (Å²) in [5.74, 6) is 0.530. The van der Waals surface area contributed by atoms with E-state index in [4.69, 9.17) is 4.74 Å². The molecule has 0 bridgehead atoms. The first kappa shape index (κ1) is 13.8. The second kappa shape index (κ2) is 6.10. The van der Waals surface area contributed by atoms with E-state index < -0.39 is 0 Å². The lowest BCUT2D eigenvalue weighted by Gasteiger charge is -2.42. The van der Waals surface area contributed by atoms with E-state index in [-0.39, 0.29) is 5.82 Å². The van der Waals surface area contributed by atoms with E-state index >= 15 is 0 Å². The maximum Gasteiger partial charge on any atom is 0.123 e. The Morgan fingerprint density at radius 2 is 2.05 bits per heavy atom. The van der Waals surface area contributed by atoms with Crippen LogP contribution in [0, 0.1) is 5.82 Å². The zero-order valence-electron chi connectivity index (χ0n) is 12.1. The van der Waals surface area contributed by atoms with Crippen LogP contribution in [-0.2, 0) is 0 Å². The monoisotopic (exact) mass is 278 g/mol. The van der Waals surface area contributed by atoms with Gasteiger partial charge in [-0.3, -0.25) is 9.80 Å². The Morgan fingerprint density at radius 3 is 2.85 bits per heavy atom. The van der Waals surface area contributed by atoms with Crippen LogP contribution in [0.1, 0.15) is 19.8 Å². The molecule has 4 heteroatoms. The highest BCUT2D eigenvalue weighted by Crippen LogP contribution is 2.24. The van der Waals surface area contributed by atoms with Crippen molar-refractivity contribution in [3.63, 3.8) is 0 Å². The van der Waals surface area contributed by atoms with Gasteiger partial charge in [0.1, 0.15) is 18.2 Å². The van der Waals surface area contributed by atoms with Gasteiger partial charge in [0.05, 0.1) is 0 Å². The molecule has 3 rings (SSSR count). The average molecular weight is 278 g/mol. The predicted octanol–water partition coefficient (Wildman–Crippen LogP) is 2.37. The van der Waals surface area contributed by atoms with Crippen molar-refractivity contribution in [3.05, 3.63) is 30.1 Å². The predicted molar refractivity (Wildman–Crippen MR) is 77.5 cm³/mol. The van der Waals surface area contributed by atoms with Crippen LogP contribution in [0.2, 0.25) is 0 Å². The van der Waals surface area contributed by atoms with Crippen molar-refractivity contribution in [2.24, 2.45) is 0 Å². The van der Waals surface area contributed by atoms with Crippen LogP contribution in [0.25, 0.3) is 0 Å². The van der Waals surface area contributed by atoms with Crippen LogP contribution in [-0.4, -0.2) is 54.7 Å². The van der Waals surface area contributed by atoms with Gasteiger partial charge in [0.15, 0.2) is 0 Å². The Bertz CT molecular complexity index is 437. The smallest absolute Gasteiger partial charge is 0.123 e. The number of rotatable bonds is 4. The minimum Gasteiger partial charge on any atom is -0.492 e. The summed E-state index contributed by atoms with van der Waals surface area (Å²) in [6.45, 7) is 7.53. The van der Waals surface area contributed by atoms with Crippen LogP contribution in [0.15, 0.2) is 24.3 Å². The minimum absolute atomic E-state index is 0.219. The van der Waals surface area contributed by atoms with Gasteiger partial charge < -0.3 is 4.74 Å². The number of benzene rings is 1. The molecule has 0 aliphatic carbocycles. The molecule has 1 aromatic rings. The fourth-order valence-corrected chi connectivity index (χ4v) is 3.37. The van der Waals surface area contributed by atoms with E-state index in [1.807, 2.05) is 0 Å². The first-order valence-electron chi connectivity index (χ1n) is 7.59. The van der Waals surface area contributed by atoms with Crippen LogP contribution >= 0.6 is 0 Å². The Morgan fingerprint density at radius 1 is 1.25 bits per heavy atom. The fraction of sp³-hybridized carbons (Fsp3) is 0.625. The van der Waals surface area contributed by atoms with Crippen molar-refractivity contribution >= 4 is 0 Å². The second-order valence-corrected chi connectivity index (χ2v) is 5.94. The summed E-state index contributed by atoms with van der Waals surface area (Å²) in [6, 6.07) is 7.60. The minimum atomic E-state index is -0.219. The van der Waals surface area contributed by atoms with Crippen molar-refractivity contribution < 1.29 is 9.13 Å². The maximum absolute atomic E-state index is 12.8. The lowest BCUT2D eigenvalue weighted by atomic mass is 10.1. The Labute approximate surface area is 120 Å². The van der Waals surface area contributed by atoms with Crippen molar-refractivity contribution in [2.75, 3.05) is 32.8 Å². The number of hydrogen-bond acceptors (Lipinski definition) is 3. The average Bonchev–Trinajstić information content (AvgIpc) is 2.88. The Hall–Kier alpha value is -1.13. The van der Waals surface area contributed by atoms with Crippen LogP contribution in [0.4, 0.5) is 4.39 Å². The number of ether oxygens (including phenoxy) is 1. The van der Waals surface area contributed by atoms with E-state index in [0.717, 1.165) is 24.9 Å². The summed E-state index contributed by atoms with van der Waals surface area (Å²) in [7, 11) is 0. The first-order chi connectivity index (χ1) is 9.72. The quantitative estimate of drug-likeness (QED) is 0.841. The van der Waals surface area contributed by atoms with E-state index in [9.17, 15) is 4.39 Å². The molecule has 1 aromatic carbocycles. The topological polar surface area (TPSA) is 15.7 Å². The van der Waals surface area contributed by atoms with Crippen LogP contribution < -0.4 is 4.74 Å². The molecule has 2 heterocycles. The number of halogens is 1. The molecule has 0 N–H and O–H groups in total. The highest BCUT2D eigenvalue weighted by Gasteiger charge is 2.33. The molecule has 20 heavy (non-hydrogen) atoms. The van der Waals surface area contributed by atoms with E-state index in [2.05, 4.69) is 16.7 Å². The van der Waals surface area contributed by atoms with Crippen LogP contribution in [0.5, 0.6) is 5.75 Å². The SMILES string of the molecule is C[C@@H]1CN2CCC[C@H]2CN1CCOc1ccc(F)cc1. The molecular formula is C16H23FN2O. The summed E-state index contributed by atoms with van der Waals surface area (Å²) in [5.41, 5.74) is 0. The molecule has 110 valence electrons. The van der Waals surface area contributed by atoms with Gasteiger partial charge >= 0.3 is 0 Å². The molecule has 2 aliphatic heterocycles. The third kappa shape index (κ3) is 3.13. The standard InChI is InChI=1S/C16H23FN2O/c1-13-11-19-8-2-3-15(19)12-18(13)9-10-20-16-6-4-14(17)5-7-16/h4-7,13,15H,2-3,8-12H2,1H3/t13-,15+/m1/s1. The lowest BCUT2D eigenvalue weighted by Crippen LogP contribution is -2.55. The zero-order chi connectivity index (χ0) is 13.9. The van der Waals surface area contributed by atoms with Crippen LogP contribution in [0.3, 0.4) is 0 Å². The molecular weight excluding hydrogens is 255 g/mol.